The molecule has 0 saturated carbocycles. The Balaban J connectivity index is 1.68. The van der Waals surface area contributed by atoms with Crippen LogP contribution in [0.1, 0.15) is 71.1 Å². The van der Waals surface area contributed by atoms with Gasteiger partial charge in [-0.1, -0.05) is 89.2 Å². The van der Waals surface area contributed by atoms with Crippen LogP contribution in [0.25, 0.3) is 28.2 Å². The second kappa shape index (κ2) is 6.95. The lowest BCUT2D eigenvalue weighted by atomic mass is 9.61. The van der Waals surface area contributed by atoms with Gasteiger partial charge in [0.25, 0.3) is 5.82 Å². The zero-order valence-electron chi connectivity index (χ0n) is 21.3. The highest BCUT2D eigenvalue weighted by atomic mass is 15.2. The molecule has 6 rings (SSSR count). The van der Waals surface area contributed by atoms with Crippen LogP contribution in [-0.4, -0.2) is 4.57 Å². The molecule has 4 aromatic rings. The number of rotatable bonds is 3. The lowest BCUT2D eigenvalue weighted by Crippen LogP contribution is -2.67. The van der Waals surface area contributed by atoms with Gasteiger partial charge in [-0.15, -0.1) is 0 Å². The standard InChI is InChI=1S/C32H35N2/c1-7-31(5)26-18-12-10-15-24(26)29-33(20-21-34(29)32(31,6)8-2)27-19-13-16-23-22-14-9-11-17-25(22)30(3,4)28(23)27/h9-21H,7-8H2,1-6H3/q+1. The molecule has 0 saturated heterocycles. The maximum atomic E-state index is 2.58. The van der Waals surface area contributed by atoms with Crippen molar-refractivity contribution in [2.24, 2.45) is 0 Å². The number of hydrogen-bond acceptors (Lipinski definition) is 0. The summed E-state index contributed by atoms with van der Waals surface area (Å²) in [5.74, 6) is 1.30. The van der Waals surface area contributed by atoms with Gasteiger partial charge in [-0.3, -0.25) is 0 Å². The van der Waals surface area contributed by atoms with Gasteiger partial charge in [0, 0.05) is 16.4 Å². The van der Waals surface area contributed by atoms with Crippen LogP contribution in [0.15, 0.2) is 79.1 Å². The average molecular weight is 448 g/mol. The van der Waals surface area contributed by atoms with Crippen molar-refractivity contribution in [3.63, 3.8) is 0 Å². The number of benzene rings is 3. The zero-order valence-corrected chi connectivity index (χ0v) is 21.3. The van der Waals surface area contributed by atoms with Gasteiger partial charge >= 0.3 is 0 Å². The third-order valence-corrected chi connectivity index (χ3v) is 9.52. The molecule has 0 fully saturated rings. The van der Waals surface area contributed by atoms with Crippen molar-refractivity contribution >= 4 is 0 Å². The Labute approximate surface area is 203 Å². The number of imidazole rings is 1. The first kappa shape index (κ1) is 21.4. The molecule has 0 spiro atoms. The zero-order chi connectivity index (χ0) is 23.9. The SMILES string of the molecule is CCC1(C)c2ccccc2-c2n(-c3cccc4c3C(C)(C)c3ccccc3-4)cc[n+]2C1(C)CC. The minimum Gasteiger partial charge on any atom is -0.224 e. The summed E-state index contributed by atoms with van der Waals surface area (Å²) in [5.41, 5.74) is 9.71. The molecule has 1 aliphatic carbocycles. The van der Waals surface area contributed by atoms with E-state index < -0.39 is 0 Å². The van der Waals surface area contributed by atoms with Crippen molar-refractivity contribution in [1.29, 1.82) is 0 Å². The predicted molar refractivity (Wildman–Crippen MR) is 141 cm³/mol. The van der Waals surface area contributed by atoms with E-state index in [1.165, 1.54) is 44.9 Å². The second-order valence-electron chi connectivity index (χ2n) is 11.1. The molecule has 0 amide bonds. The average Bonchev–Trinajstić information content (AvgIpc) is 3.41. The van der Waals surface area contributed by atoms with Gasteiger partial charge < -0.3 is 0 Å². The summed E-state index contributed by atoms with van der Waals surface area (Å²) in [4.78, 5) is 0. The molecule has 0 N–H and O–H groups in total. The Kier molecular flexibility index (Phi) is 4.37. The van der Waals surface area contributed by atoms with Gasteiger partial charge in [0.15, 0.2) is 0 Å². The van der Waals surface area contributed by atoms with Crippen molar-refractivity contribution in [2.45, 2.75) is 70.8 Å². The molecule has 0 radical (unpaired) electrons. The van der Waals surface area contributed by atoms with Gasteiger partial charge in [-0.2, -0.15) is 4.57 Å². The Morgan fingerprint density at radius 1 is 0.706 bits per heavy atom. The van der Waals surface area contributed by atoms with E-state index in [2.05, 4.69) is 130 Å². The Bertz CT molecular complexity index is 1440. The number of fused-ring (bicyclic) bond motifs is 6. The van der Waals surface area contributed by atoms with E-state index >= 15 is 0 Å². The minimum atomic E-state index is -0.0511. The van der Waals surface area contributed by atoms with Crippen LogP contribution in [0.3, 0.4) is 0 Å². The topological polar surface area (TPSA) is 8.81 Å². The molecule has 2 atom stereocenters. The smallest absolute Gasteiger partial charge is 0.224 e. The monoisotopic (exact) mass is 447 g/mol. The predicted octanol–water partition coefficient (Wildman–Crippen LogP) is 7.54. The van der Waals surface area contributed by atoms with Crippen molar-refractivity contribution in [3.8, 4) is 28.2 Å². The summed E-state index contributed by atoms with van der Waals surface area (Å²) in [5, 5.41) is 0. The molecule has 172 valence electrons. The summed E-state index contributed by atoms with van der Waals surface area (Å²) in [6.07, 6.45) is 6.82. The van der Waals surface area contributed by atoms with Crippen LogP contribution in [0.4, 0.5) is 0 Å². The summed E-state index contributed by atoms with van der Waals surface area (Å²) in [6.45, 7) is 14.4. The highest BCUT2D eigenvalue weighted by Gasteiger charge is 2.55. The first-order valence-electron chi connectivity index (χ1n) is 12.8. The Hall–Kier alpha value is -3.13. The molecule has 2 aliphatic rings. The summed E-state index contributed by atoms with van der Waals surface area (Å²) >= 11 is 0. The molecular formula is C32H35N2+. The van der Waals surface area contributed by atoms with E-state index in [1.807, 2.05) is 0 Å². The molecule has 2 unspecified atom stereocenters. The molecule has 3 aromatic carbocycles. The minimum absolute atomic E-state index is 0.00682. The number of nitrogens with zero attached hydrogens (tertiary/aromatic N) is 2. The van der Waals surface area contributed by atoms with Crippen LogP contribution in [0.5, 0.6) is 0 Å². The molecule has 2 nitrogen and oxygen atoms in total. The Morgan fingerprint density at radius 2 is 1.35 bits per heavy atom. The van der Waals surface area contributed by atoms with Crippen molar-refractivity contribution in [3.05, 3.63) is 95.8 Å². The van der Waals surface area contributed by atoms with E-state index in [0.29, 0.717) is 0 Å². The molecule has 0 bridgehead atoms. The molecule has 1 aromatic heterocycles. The summed E-state index contributed by atoms with van der Waals surface area (Å²) in [7, 11) is 0. The molecule has 34 heavy (non-hydrogen) atoms. The van der Waals surface area contributed by atoms with Gasteiger partial charge in [-0.25, -0.2) is 4.57 Å². The van der Waals surface area contributed by atoms with Crippen LogP contribution in [0.2, 0.25) is 0 Å². The first-order chi connectivity index (χ1) is 16.3. The van der Waals surface area contributed by atoms with Gasteiger partial charge in [0.2, 0.25) is 0 Å². The maximum absolute atomic E-state index is 2.58. The molecule has 2 heteroatoms. The van der Waals surface area contributed by atoms with Gasteiger partial charge in [-0.05, 0) is 54.2 Å². The van der Waals surface area contributed by atoms with E-state index in [9.17, 15) is 0 Å². The first-order valence-corrected chi connectivity index (χ1v) is 12.8. The van der Waals surface area contributed by atoms with Crippen molar-refractivity contribution < 1.29 is 4.57 Å². The Morgan fingerprint density at radius 3 is 2.06 bits per heavy atom. The van der Waals surface area contributed by atoms with Gasteiger partial charge in [0.1, 0.15) is 23.6 Å². The summed E-state index contributed by atoms with van der Waals surface area (Å²) in [6, 6.07) is 24.9. The van der Waals surface area contributed by atoms with E-state index in [1.54, 1.807) is 0 Å². The van der Waals surface area contributed by atoms with Crippen LogP contribution in [-0.2, 0) is 16.4 Å². The second-order valence-corrected chi connectivity index (χ2v) is 11.1. The van der Waals surface area contributed by atoms with Crippen molar-refractivity contribution in [2.75, 3.05) is 0 Å². The fourth-order valence-electron chi connectivity index (χ4n) is 7.11. The fraction of sp³-hybridized carbons (Fsp3) is 0.344. The van der Waals surface area contributed by atoms with E-state index in [0.717, 1.165) is 12.8 Å². The van der Waals surface area contributed by atoms with Crippen molar-refractivity contribution in [1.82, 2.24) is 4.57 Å². The molecular weight excluding hydrogens is 412 g/mol. The summed E-state index contributed by atoms with van der Waals surface area (Å²) < 4.78 is 5.04. The van der Waals surface area contributed by atoms with E-state index in [4.69, 9.17) is 0 Å². The van der Waals surface area contributed by atoms with Crippen LogP contribution >= 0.6 is 0 Å². The third kappa shape index (κ3) is 2.39. The number of hydrogen-bond donors (Lipinski definition) is 0. The highest BCUT2D eigenvalue weighted by Crippen LogP contribution is 2.53. The quantitative estimate of drug-likeness (QED) is 0.287. The lowest BCUT2D eigenvalue weighted by molar-refractivity contribution is -0.764. The third-order valence-electron chi connectivity index (χ3n) is 9.52. The maximum Gasteiger partial charge on any atom is 0.294 e. The highest BCUT2D eigenvalue weighted by molar-refractivity contribution is 5.84. The largest absolute Gasteiger partial charge is 0.294 e. The number of aromatic nitrogens is 2. The molecule has 2 heterocycles. The fourth-order valence-corrected chi connectivity index (χ4v) is 7.11. The molecule has 1 aliphatic heterocycles. The van der Waals surface area contributed by atoms with Crippen LogP contribution < -0.4 is 4.57 Å². The van der Waals surface area contributed by atoms with Crippen LogP contribution in [0, 0.1) is 0 Å². The normalized spacial score (nSPS) is 23.7. The lowest BCUT2D eigenvalue weighted by Gasteiger charge is -2.47. The van der Waals surface area contributed by atoms with Gasteiger partial charge in [0.05, 0.1) is 5.56 Å². The van der Waals surface area contributed by atoms with E-state index in [-0.39, 0.29) is 16.4 Å².